The molecular weight excluding hydrogens is 390 g/mol. The zero-order valence-corrected chi connectivity index (χ0v) is 16.1. The van der Waals surface area contributed by atoms with Crippen LogP contribution in [-0.2, 0) is 10.0 Å². The molecule has 1 aliphatic rings. The maximum Gasteiger partial charge on any atom is 0.256 e. The molecule has 3 rings (SSSR count). The molecule has 1 saturated heterocycles. The summed E-state index contributed by atoms with van der Waals surface area (Å²) in [4.78, 5) is 13.8. The Kier molecular flexibility index (Phi) is 5.95. The van der Waals surface area contributed by atoms with Crippen molar-refractivity contribution in [2.24, 2.45) is 0 Å². The summed E-state index contributed by atoms with van der Waals surface area (Å²) in [6, 6.07) is 9.14. The van der Waals surface area contributed by atoms with Gasteiger partial charge in [0.1, 0.15) is 5.82 Å². The Morgan fingerprint density at radius 1 is 1.00 bits per heavy atom. The van der Waals surface area contributed by atoms with E-state index in [0.717, 1.165) is 6.07 Å². The monoisotopic (exact) mass is 410 g/mol. The van der Waals surface area contributed by atoms with Gasteiger partial charge in [-0.25, -0.2) is 17.2 Å². The largest absolute Gasteiger partial charge is 0.494 e. The van der Waals surface area contributed by atoms with Crippen molar-refractivity contribution in [3.63, 3.8) is 0 Å². The molecule has 6 nitrogen and oxygen atoms in total. The lowest BCUT2D eigenvalue weighted by atomic mass is 10.2. The van der Waals surface area contributed by atoms with E-state index >= 15 is 0 Å². The number of halogens is 2. The fourth-order valence-electron chi connectivity index (χ4n) is 3.10. The van der Waals surface area contributed by atoms with Crippen molar-refractivity contribution >= 4 is 15.9 Å². The summed E-state index contributed by atoms with van der Waals surface area (Å²) in [5.41, 5.74) is -0.0453. The number of carbonyl (C=O) groups is 1. The highest BCUT2D eigenvalue weighted by molar-refractivity contribution is 7.89. The number of methoxy groups -OCH3 is 1. The summed E-state index contributed by atoms with van der Waals surface area (Å²) in [6.45, 7) is 0.633. The molecule has 1 aliphatic heterocycles. The minimum Gasteiger partial charge on any atom is -0.494 e. The minimum atomic E-state index is -3.93. The summed E-state index contributed by atoms with van der Waals surface area (Å²) in [5, 5.41) is 0. The highest BCUT2D eigenvalue weighted by atomic mass is 32.2. The fourth-order valence-corrected chi connectivity index (χ4v) is 4.58. The van der Waals surface area contributed by atoms with E-state index in [-0.39, 0.29) is 35.8 Å². The zero-order valence-electron chi connectivity index (χ0n) is 15.3. The molecule has 1 amide bonds. The predicted molar refractivity (Wildman–Crippen MR) is 98.6 cm³/mol. The van der Waals surface area contributed by atoms with Crippen LogP contribution in [-0.4, -0.2) is 56.8 Å². The van der Waals surface area contributed by atoms with Crippen LogP contribution < -0.4 is 4.74 Å². The molecule has 28 heavy (non-hydrogen) atoms. The first-order valence-corrected chi connectivity index (χ1v) is 10.2. The maximum absolute atomic E-state index is 13.9. The van der Waals surface area contributed by atoms with Gasteiger partial charge in [0.15, 0.2) is 11.6 Å². The molecule has 0 N–H and O–H groups in total. The highest BCUT2D eigenvalue weighted by Crippen LogP contribution is 2.24. The third kappa shape index (κ3) is 4.00. The lowest BCUT2D eigenvalue weighted by Gasteiger charge is -2.22. The SMILES string of the molecule is COc1ccc(S(=O)(=O)N2CCCN(C(=O)c3ccccc3F)CC2)cc1F. The van der Waals surface area contributed by atoms with Gasteiger partial charge >= 0.3 is 0 Å². The van der Waals surface area contributed by atoms with Gasteiger partial charge in [0.05, 0.1) is 17.6 Å². The van der Waals surface area contributed by atoms with Gasteiger partial charge in [0, 0.05) is 26.2 Å². The van der Waals surface area contributed by atoms with Gasteiger partial charge in [-0.3, -0.25) is 4.79 Å². The van der Waals surface area contributed by atoms with Gasteiger partial charge in [0.2, 0.25) is 10.0 Å². The number of benzene rings is 2. The van der Waals surface area contributed by atoms with Crippen LogP contribution in [0.25, 0.3) is 0 Å². The second kappa shape index (κ2) is 8.24. The number of nitrogens with zero attached hydrogens (tertiary/aromatic N) is 2. The topological polar surface area (TPSA) is 66.9 Å². The molecule has 0 saturated carbocycles. The molecule has 0 aromatic heterocycles. The molecule has 0 bridgehead atoms. The van der Waals surface area contributed by atoms with E-state index in [9.17, 15) is 22.0 Å². The van der Waals surface area contributed by atoms with E-state index in [1.165, 1.54) is 46.6 Å². The predicted octanol–water partition coefficient (Wildman–Crippen LogP) is 2.51. The van der Waals surface area contributed by atoms with Crippen LogP contribution >= 0.6 is 0 Å². The Bertz CT molecular complexity index is 982. The first kappa shape index (κ1) is 20.2. The molecule has 2 aromatic rings. The van der Waals surface area contributed by atoms with E-state index < -0.39 is 27.6 Å². The van der Waals surface area contributed by atoms with Gasteiger partial charge in [-0.1, -0.05) is 12.1 Å². The van der Waals surface area contributed by atoms with E-state index in [1.54, 1.807) is 6.07 Å². The van der Waals surface area contributed by atoms with Gasteiger partial charge in [-0.15, -0.1) is 0 Å². The van der Waals surface area contributed by atoms with Crippen LogP contribution in [0.1, 0.15) is 16.8 Å². The fraction of sp³-hybridized carbons (Fsp3) is 0.316. The molecule has 0 aliphatic carbocycles. The van der Waals surface area contributed by atoms with Crippen LogP contribution in [0.5, 0.6) is 5.75 Å². The lowest BCUT2D eigenvalue weighted by Crippen LogP contribution is -2.37. The zero-order chi connectivity index (χ0) is 20.3. The quantitative estimate of drug-likeness (QED) is 0.777. The Hall–Kier alpha value is -2.52. The minimum absolute atomic E-state index is 0.0379. The van der Waals surface area contributed by atoms with Crippen LogP contribution in [0.2, 0.25) is 0 Å². The van der Waals surface area contributed by atoms with Crippen molar-refractivity contribution in [1.29, 1.82) is 0 Å². The Labute approximate surface area is 162 Å². The molecule has 150 valence electrons. The third-order valence-electron chi connectivity index (χ3n) is 4.61. The molecular formula is C19H20F2N2O4S. The normalized spacial score (nSPS) is 15.9. The number of amides is 1. The number of hydrogen-bond donors (Lipinski definition) is 0. The van der Waals surface area contributed by atoms with Gasteiger partial charge < -0.3 is 9.64 Å². The Morgan fingerprint density at radius 3 is 2.43 bits per heavy atom. The molecule has 0 atom stereocenters. The van der Waals surface area contributed by atoms with Crippen molar-refractivity contribution in [2.75, 3.05) is 33.3 Å². The molecule has 0 spiro atoms. The average molecular weight is 410 g/mol. The summed E-state index contributed by atoms with van der Waals surface area (Å²) in [6.07, 6.45) is 0.387. The first-order chi connectivity index (χ1) is 13.3. The molecule has 1 heterocycles. The van der Waals surface area contributed by atoms with Crippen LogP contribution in [0.4, 0.5) is 8.78 Å². The van der Waals surface area contributed by atoms with E-state index in [4.69, 9.17) is 4.74 Å². The smallest absolute Gasteiger partial charge is 0.256 e. The number of rotatable bonds is 4. The van der Waals surface area contributed by atoms with Gasteiger partial charge in [-0.2, -0.15) is 4.31 Å². The van der Waals surface area contributed by atoms with Gasteiger partial charge in [0.25, 0.3) is 5.91 Å². The Morgan fingerprint density at radius 2 is 1.75 bits per heavy atom. The second-order valence-electron chi connectivity index (χ2n) is 6.33. The van der Waals surface area contributed by atoms with E-state index in [0.29, 0.717) is 13.0 Å². The molecule has 9 heteroatoms. The van der Waals surface area contributed by atoms with Crippen LogP contribution in [0, 0.1) is 11.6 Å². The summed E-state index contributed by atoms with van der Waals surface area (Å²) in [5.74, 6) is -1.91. The molecule has 0 unspecified atom stereocenters. The molecule has 2 aromatic carbocycles. The number of sulfonamides is 1. The maximum atomic E-state index is 13.9. The second-order valence-corrected chi connectivity index (χ2v) is 8.26. The molecule has 0 radical (unpaired) electrons. The van der Waals surface area contributed by atoms with Crippen molar-refractivity contribution < 1.29 is 26.7 Å². The molecule has 1 fully saturated rings. The number of hydrogen-bond acceptors (Lipinski definition) is 4. The number of ether oxygens (including phenoxy) is 1. The summed E-state index contributed by atoms with van der Waals surface area (Å²) >= 11 is 0. The lowest BCUT2D eigenvalue weighted by molar-refractivity contribution is 0.0759. The summed E-state index contributed by atoms with van der Waals surface area (Å²) < 4.78 is 59.5. The van der Waals surface area contributed by atoms with Crippen molar-refractivity contribution in [3.05, 3.63) is 59.7 Å². The van der Waals surface area contributed by atoms with Gasteiger partial charge in [-0.05, 0) is 36.8 Å². The average Bonchev–Trinajstić information content (AvgIpc) is 2.94. The van der Waals surface area contributed by atoms with E-state index in [1.807, 2.05) is 0 Å². The number of carbonyl (C=O) groups excluding carboxylic acids is 1. The third-order valence-corrected chi connectivity index (χ3v) is 6.50. The van der Waals surface area contributed by atoms with Crippen molar-refractivity contribution in [3.8, 4) is 5.75 Å². The van der Waals surface area contributed by atoms with Crippen molar-refractivity contribution in [2.45, 2.75) is 11.3 Å². The standard InChI is InChI=1S/C19H20F2N2O4S/c1-27-18-8-7-14(13-17(18)21)28(25,26)23-10-4-9-22(11-12-23)19(24)15-5-2-3-6-16(15)20/h2-3,5-8,13H,4,9-12H2,1H3. The first-order valence-electron chi connectivity index (χ1n) is 8.72. The Balaban J connectivity index is 1.77. The highest BCUT2D eigenvalue weighted by Gasteiger charge is 2.29. The summed E-state index contributed by atoms with van der Waals surface area (Å²) in [7, 11) is -2.63. The van der Waals surface area contributed by atoms with E-state index in [2.05, 4.69) is 0 Å². The van der Waals surface area contributed by atoms with Crippen LogP contribution in [0.15, 0.2) is 47.4 Å². The van der Waals surface area contributed by atoms with Crippen molar-refractivity contribution in [1.82, 2.24) is 9.21 Å². The van der Waals surface area contributed by atoms with Crippen LogP contribution in [0.3, 0.4) is 0 Å².